The molecule has 0 bridgehead atoms. The summed E-state index contributed by atoms with van der Waals surface area (Å²) in [4.78, 5) is 11.2. The lowest BCUT2D eigenvalue weighted by Gasteiger charge is -2.20. The Kier molecular flexibility index (Phi) is 6.84. The van der Waals surface area contributed by atoms with Crippen molar-refractivity contribution in [2.24, 2.45) is 0 Å². The minimum atomic E-state index is -0.993. The molecule has 0 aliphatic heterocycles. The third kappa shape index (κ3) is 4.82. The summed E-state index contributed by atoms with van der Waals surface area (Å²) in [6.45, 7) is 0. The average molecular weight is 287 g/mol. The van der Waals surface area contributed by atoms with Crippen LogP contribution in [0.2, 0.25) is 0 Å². The molecule has 0 spiro atoms. The topological polar surface area (TPSA) is 66.8 Å². The van der Waals surface area contributed by atoms with Gasteiger partial charge in [-0.15, -0.1) is 11.6 Å². The fraction of sp³-hybridized carbons (Fsp3) is 0.500. The van der Waals surface area contributed by atoms with E-state index in [-0.39, 0.29) is 18.3 Å². The van der Waals surface area contributed by atoms with Gasteiger partial charge >= 0.3 is 5.97 Å². The van der Waals surface area contributed by atoms with E-state index < -0.39 is 12.2 Å². The second-order valence-corrected chi connectivity index (χ2v) is 4.64. The van der Waals surface area contributed by atoms with Crippen molar-refractivity contribution < 1.29 is 19.7 Å². The maximum absolute atomic E-state index is 11.2. The number of esters is 1. The first kappa shape index (κ1) is 16.0. The Morgan fingerprint density at radius 1 is 1.37 bits per heavy atom. The monoisotopic (exact) mass is 286 g/mol. The van der Waals surface area contributed by atoms with Crippen LogP contribution in [0.15, 0.2) is 24.3 Å². The highest BCUT2D eigenvalue weighted by molar-refractivity contribution is 6.17. The van der Waals surface area contributed by atoms with Crippen LogP contribution in [-0.2, 0) is 16.0 Å². The van der Waals surface area contributed by atoms with Crippen LogP contribution in [0, 0.1) is 0 Å². The number of carbonyl (C=O) groups is 1. The summed E-state index contributed by atoms with van der Waals surface area (Å²) < 4.78 is 4.59. The summed E-state index contributed by atoms with van der Waals surface area (Å²) in [6.07, 6.45) is -0.878. The van der Waals surface area contributed by atoms with Crippen molar-refractivity contribution >= 4 is 17.6 Å². The van der Waals surface area contributed by atoms with E-state index in [4.69, 9.17) is 11.6 Å². The molecule has 5 heteroatoms. The largest absolute Gasteiger partial charge is 0.469 e. The van der Waals surface area contributed by atoms with Gasteiger partial charge in [0.2, 0.25) is 0 Å². The SMILES string of the molecule is COC(=O)CCc1ccccc1C(O)C(O)CCCl. The number of methoxy groups -OCH3 is 1. The summed E-state index contributed by atoms with van der Waals surface area (Å²) in [5, 5.41) is 19.9. The lowest BCUT2D eigenvalue weighted by molar-refractivity contribution is -0.140. The molecule has 1 rings (SSSR count). The molecule has 2 N–H and O–H groups in total. The Morgan fingerprint density at radius 2 is 2.05 bits per heavy atom. The van der Waals surface area contributed by atoms with E-state index in [1.165, 1.54) is 7.11 Å². The second kappa shape index (κ2) is 8.15. The highest BCUT2D eigenvalue weighted by atomic mass is 35.5. The predicted octanol–water partition coefficient (Wildman–Crippen LogP) is 1.82. The number of alkyl halides is 1. The van der Waals surface area contributed by atoms with Crippen LogP contribution in [-0.4, -0.2) is 35.3 Å². The lowest BCUT2D eigenvalue weighted by atomic mass is 9.95. The van der Waals surface area contributed by atoms with Crippen LogP contribution in [0.5, 0.6) is 0 Å². The van der Waals surface area contributed by atoms with Gasteiger partial charge in [0.1, 0.15) is 6.10 Å². The van der Waals surface area contributed by atoms with Crippen LogP contribution in [0.1, 0.15) is 30.1 Å². The molecule has 0 amide bonds. The molecule has 4 nitrogen and oxygen atoms in total. The van der Waals surface area contributed by atoms with Crippen LogP contribution in [0.4, 0.5) is 0 Å². The summed E-state index contributed by atoms with van der Waals surface area (Å²) in [6, 6.07) is 7.19. The average Bonchev–Trinajstić information content (AvgIpc) is 2.44. The third-order valence-corrected chi connectivity index (χ3v) is 3.19. The van der Waals surface area contributed by atoms with Crippen molar-refractivity contribution in [3.05, 3.63) is 35.4 Å². The van der Waals surface area contributed by atoms with E-state index >= 15 is 0 Å². The molecular weight excluding hydrogens is 268 g/mol. The van der Waals surface area contributed by atoms with Gasteiger partial charge in [-0.05, 0) is 24.0 Å². The molecule has 0 saturated heterocycles. The number of carbonyl (C=O) groups excluding carboxylic acids is 1. The fourth-order valence-corrected chi connectivity index (χ4v) is 2.09. The normalized spacial score (nSPS) is 13.9. The molecule has 106 valence electrons. The van der Waals surface area contributed by atoms with Gasteiger partial charge in [-0.2, -0.15) is 0 Å². The first-order valence-corrected chi connectivity index (χ1v) is 6.70. The van der Waals surface area contributed by atoms with Crippen molar-refractivity contribution in [3.8, 4) is 0 Å². The summed E-state index contributed by atoms with van der Waals surface area (Å²) in [5.41, 5.74) is 1.46. The summed E-state index contributed by atoms with van der Waals surface area (Å²) >= 11 is 5.56. The van der Waals surface area contributed by atoms with Gasteiger partial charge in [0, 0.05) is 12.3 Å². The fourth-order valence-electron chi connectivity index (χ4n) is 1.87. The number of aliphatic hydroxyl groups is 2. The van der Waals surface area contributed by atoms with Crippen LogP contribution < -0.4 is 0 Å². The molecule has 0 saturated carbocycles. The molecule has 1 aromatic rings. The van der Waals surface area contributed by atoms with Gasteiger partial charge in [0.25, 0.3) is 0 Å². The molecule has 19 heavy (non-hydrogen) atoms. The van der Waals surface area contributed by atoms with Gasteiger partial charge in [-0.25, -0.2) is 0 Å². The summed E-state index contributed by atoms with van der Waals surface area (Å²) in [5.74, 6) is -0.0201. The Labute approximate surface area is 118 Å². The van der Waals surface area contributed by atoms with E-state index in [2.05, 4.69) is 4.74 Å². The first-order valence-electron chi connectivity index (χ1n) is 6.16. The number of benzene rings is 1. The maximum atomic E-state index is 11.2. The van der Waals surface area contributed by atoms with Crippen molar-refractivity contribution in [2.75, 3.05) is 13.0 Å². The zero-order chi connectivity index (χ0) is 14.3. The molecule has 0 heterocycles. The molecule has 0 aliphatic carbocycles. The van der Waals surface area contributed by atoms with Crippen molar-refractivity contribution in [3.63, 3.8) is 0 Å². The van der Waals surface area contributed by atoms with Gasteiger partial charge in [-0.1, -0.05) is 24.3 Å². The smallest absolute Gasteiger partial charge is 0.305 e. The molecule has 0 radical (unpaired) electrons. The number of halogens is 1. The summed E-state index contributed by atoms with van der Waals surface area (Å²) in [7, 11) is 1.34. The minimum Gasteiger partial charge on any atom is -0.469 e. The molecular formula is C14H19ClO4. The quantitative estimate of drug-likeness (QED) is 0.593. The number of hydrogen-bond acceptors (Lipinski definition) is 4. The number of ether oxygens (including phenoxy) is 1. The Balaban J connectivity index is 2.80. The van der Waals surface area contributed by atoms with Gasteiger partial charge in [0.05, 0.1) is 13.2 Å². The van der Waals surface area contributed by atoms with E-state index in [9.17, 15) is 15.0 Å². The third-order valence-electron chi connectivity index (χ3n) is 2.97. The van der Waals surface area contributed by atoms with Crippen molar-refractivity contribution in [2.45, 2.75) is 31.5 Å². The van der Waals surface area contributed by atoms with Crippen LogP contribution in [0.3, 0.4) is 0 Å². The van der Waals surface area contributed by atoms with Crippen molar-refractivity contribution in [1.82, 2.24) is 0 Å². The zero-order valence-corrected chi connectivity index (χ0v) is 11.6. The van der Waals surface area contributed by atoms with E-state index in [1.807, 2.05) is 12.1 Å². The molecule has 1 aromatic carbocycles. The predicted molar refractivity (Wildman–Crippen MR) is 73.1 cm³/mol. The molecule has 2 atom stereocenters. The molecule has 2 unspecified atom stereocenters. The molecule has 0 fully saturated rings. The second-order valence-electron chi connectivity index (χ2n) is 4.26. The van der Waals surface area contributed by atoms with Crippen LogP contribution >= 0.6 is 11.6 Å². The highest BCUT2D eigenvalue weighted by Crippen LogP contribution is 2.24. The Morgan fingerprint density at radius 3 is 2.68 bits per heavy atom. The van der Waals surface area contributed by atoms with E-state index in [0.29, 0.717) is 18.4 Å². The zero-order valence-electron chi connectivity index (χ0n) is 10.9. The lowest BCUT2D eigenvalue weighted by Crippen LogP contribution is -2.20. The number of aryl methyl sites for hydroxylation is 1. The van der Waals surface area contributed by atoms with E-state index in [0.717, 1.165) is 5.56 Å². The number of rotatable bonds is 7. The van der Waals surface area contributed by atoms with E-state index in [1.54, 1.807) is 12.1 Å². The Bertz CT molecular complexity index is 408. The van der Waals surface area contributed by atoms with Gasteiger partial charge in [0.15, 0.2) is 0 Å². The molecule has 0 aromatic heterocycles. The van der Waals surface area contributed by atoms with Gasteiger partial charge in [-0.3, -0.25) is 4.79 Å². The van der Waals surface area contributed by atoms with Crippen molar-refractivity contribution in [1.29, 1.82) is 0 Å². The molecule has 0 aliphatic rings. The number of hydrogen-bond donors (Lipinski definition) is 2. The Hall–Kier alpha value is -1.10. The van der Waals surface area contributed by atoms with Crippen LogP contribution in [0.25, 0.3) is 0 Å². The maximum Gasteiger partial charge on any atom is 0.305 e. The van der Waals surface area contributed by atoms with Gasteiger partial charge < -0.3 is 14.9 Å². The first-order chi connectivity index (χ1) is 9.10. The minimum absolute atomic E-state index is 0.242. The standard InChI is InChI=1S/C14H19ClO4/c1-19-13(17)7-6-10-4-2-3-5-11(10)14(18)12(16)8-9-15/h2-5,12,14,16,18H,6-9H2,1H3. The number of aliphatic hydroxyl groups excluding tert-OH is 2. The highest BCUT2D eigenvalue weighted by Gasteiger charge is 2.20.